The second kappa shape index (κ2) is 28.7. The molecule has 426 valence electrons. The van der Waals surface area contributed by atoms with Gasteiger partial charge in [-0.25, -0.2) is 0 Å². The normalized spacial score (nSPS) is 22.2. The molecule has 0 N–H and O–H groups in total. The van der Waals surface area contributed by atoms with Crippen molar-refractivity contribution >= 4 is 59.6 Å². The number of rotatable bonds is 23. The van der Waals surface area contributed by atoms with Crippen LogP contribution in [0.15, 0.2) is 103 Å². The molecular weight excluding hydrogens is 1050 g/mol. The fourth-order valence-corrected chi connectivity index (χ4v) is 8.30. The van der Waals surface area contributed by atoms with Gasteiger partial charge in [0, 0.05) is 73.1 Å². The van der Waals surface area contributed by atoms with E-state index in [1.54, 1.807) is 12.1 Å². The zero-order valence-corrected chi connectivity index (χ0v) is 44.9. The molecule has 2 heterocycles. The molecule has 4 aromatic rings. The molecule has 0 saturated carbocycles. The Labute approximate surface area is 459 Å². The maximum Gasteiger partial charge on any atom is 0.303 e. The minimum absolute atomic E-state index is 0.0853. The van der Waals surface area contributed by atoms with Crippen molar-refractivity contribution < 1.29 is 109 Å². The maximum absolute atomic E-state index is 14.4. The van der Waals surface area contributed by atoms with Crippen LogP contribution in [0.1, 0.15) is 82.4 Å². The summed E-state index contributed by atoms with van der Waals surface area (Å²) in [6.45, 7) is 7.63. The molecule has 0 spiro atoms. The minimum Gasteiger partial charge on any atom is -0.489 e. The third-order valence-electron chi connectivity index (χ3n) is 11.5. The van der Waals surface area contributed by atoms with Crippen LogP contribution in [0.4, 0.5) is 0 Å². The number of esters is 8. The summed E-state index contributed by atoms with van der Waals surface area (Å²) in [6.07, 6.45) is -13.6. The highest BCUT2D eigenvalue weighted by Gasteiger charge is 2.55. The second-order valence-electron chi connectivity index (χ2n) is 18.0. The highest BCUT2D eigenvalue weighted by atomic mass is 16.8. The molecule has 23 heteroatoms. The van der Waals surface area contributed by atoms with Crippen LogP contribution in [-0.4, -0.2) is 128 Å². The minimum atomic E-state index is -1.82. The summed E-state index contributed by atoms with van der Waals surface area (Å²) < 4.78 is 81.4. The molecule has 2 saturated heterocycles. The SMILES string of the molecule is CC(=O)OC[C@H]1OC(Oc2ccc(C=CC(=O)c3ccc(OCc4ccccc4)cc3OCc3ccccc3)c(OC3O[C@H](COC(C)=O)[C@@H](OC(C)=O)[C@H](OC(C)=O)[C@H]3OC(C)=O)c2)[C@H](OC(C)=O)[C@@H](OC(C)=O)[C@@H]1OC(C)=O. The Hall–Kier alpha value is -8.83. The number of ether oxygens (including phenoxy) is 14. The Kier molecular flexibility index (Phi) is 21.7. The van der Waals surface area contributed by atoms with Crippen molar-refractivity contribution in [3.63, 3.8) is 0 Å². The summed E-state index contributed by atoms with van der Waals surface area (Å²) in [5.41, 5.74) is 1.93. The number of allylic oxidation sites excluding steroid dienone is 1. The van der Waals surface area contributed by atoms with E-state index in [2.05, 4.69) is 0 Å². The van der Waals surface area contributed by atoms with Crippen LogP contribution < -0.4 is 18.9 Å². The monoisotopic (exact) mass is 1110 g/mol. The molecule has 0 aliphatic carbocycles. The van der Waals surface area contributed by atoms with Gasteiger partial charge in [-0.15, -0.1) is 0 Å². The van der Waals surface area contributed by atoms with Crippen LogP contribution in [-0.2, 0) is 98.9 Å². The number of ketones is 1. The molecule has 6 rings (SSSR count). The summed E-state index contributed by atoms with van der Waals surface area (Å²) in [6, 6.07) is 27.4. The van der Waals surface area contributed by atoms with Gasteiger partial charge in [-0.3, -0.25) is 43.2 Å². The topological polar surface area (TPSA) is 283 Å². The average Bonchev–Trinajstić information content (AvgIpc) is 3.55. The first-order valence-electron chi connectivity index (χ1n) is 24.9. The highest BCUT2D eigenvalue weighted by molar-refractivity contribution is 6.09. The highest BCUT2D eigenvalue weighted by Crippen LogP contribution is 2.37. The molecule has 2 aliphatic rings. The van der Waals surface area contributed by atoms with Gasteiger partial charge in [0.1, 0.15) is 61.6 Å². The number of benzene rings is 4. The Morgan fingerprint density at radius 1 is 0.425 bits per heavy atom. The molecule has 2 aliphatic heterocycles. The van der Waals surface area contributed by atoms with E-state index in [4.69, 9.17) is 66.3 Å². The largest absolute Gasteiger partial charge is 0.489 e. The van der Waals surface area contributed by atoms with Gasteiger partial charge in [0.25, 0.3) is 0 Å². The van der Waals surface area contributed by atoms with Crippen LogP contribution in [0.5, 0.6) is 23.0 Å². The third kappa shape index (κ3) is 17.9. The Morgan fingerprint density at radius 2 is 0.838 bits per heavy atom. The number of carbonyl (C=O) groups excluding carboxylic acids is 9. The molecule has 4 aromatic carbocycles. The van der Waals surface area contributed by atoms with Gasteiger partial charge in [0.05, 0.1) is 5.56 Å². The average molecular weight is 1110 g/mol. The molecule has 10 atom stereocenters. The van der Waals surface area contributed by atoms with Crippen molar-refractivity contribution in [3.8, 4) is 23.0 Å². The Morgan fingerprint density at radius 3 is 1.30 bits per heavy atom. The van der Waals surface area contributed by atoms with Gasteiger partial charge in [-0.1, -0.05) is 60.7 Å². The third-order valence-corrected chi connectivity index (χ3v) is 11.5. The predicted octanol–water partition coefficient (Wildman–Crippen LogP) is 5.66. The van der Waals surface area contributed by atoms with Crippen LogP contribution in [0.2, 0.25) is 0 Å². The molecule has 0 radical (unpaired) electrons. The van der Waals surface area contributed by atoms with Crippen LogP contribution in [0, 0.1) is 0 Å². The zero-order chi connectivity index (χ0) is 58.0. The van der Waals surface area contributed by atoms with E-state index in [1.807, 2.05) is 60.7 Å². The van der Waals surface area contributed by atoms with E-state index in [1.165, 1.54) is 36.4 Å². The van der Waals surface area contributed by atoms with E-state index in [-0.39, 0.29) is 41.6 Å². The molecule has 0 bridgehead atoms. The van der Waals surface area contributed by atoms with Gasteiger partial charge in [-0.05, 0) is 47.5 Å². The molecule has 2 unspecified atom stereocenters. The zero-order valence-electron chi connectivity index (χ0n) is 44.9. The lowest BCUT2D eigenvalue weighted by Gasteiger charge is -2.44. The number of carbonyl (C=O) groups is 9. The van der Waals surface area contributed by atoms with Crippen molar-refractivity contribution in [3.05, 3.63) is 125 Å². The van der Waals surface area contributed by atoms with E-state index >= 15 is 0 Å². The predicted molar refractivity (Wildman–Crippen MR) is 273 cm³/mol. The first-order chi connectivity index (χ1) is 38.1. The molecule has 0 amide bonds. The molecular formula is C57H60O23. The Balaban J connectivity index is 1.46. The van der Waals surface area contributed by atoms with Crippen molar-refractivity contribution in [1.82, 2.24) is 0 Å². The van der Waals surface area contributed by atoms with E-state index in [9.17, 15) is 43.2 Å². The fourth-order valence-electron chi connectivity index (χ4n) is 8.30. The van der Waals surface area contributed by atoms with Crippen molar-refractivity contribution in [2.24, 2.45) is 0 Å². The second-order valence-corrected chi connectivity index (χ2v) is 18.0. The van der Waals surface area contributed by atoms with Crippen LogP contribution in [0.25, 0.3) is 6.08 Å². The first kappa shape index (κ1) is 60.4. The van der Waals surface area contributed by atoms with E-state index in [0.29, 0.717) is 5.75 Å². The van der Waals surface area contributed by atoms with E-state index < -0.39 is 128 Å². The molecule has 2 fully saturated rings. The maximum atomic E-state index is 14.4. The quantitative estimate of drug-likeness (QED) is 0.0374. The summed E-state index contributed by atoms with van der Waals surface area (Å²) in [4.78, 5) is 114. The smallest absolute Gasteiger partial charge is 0.303 e. The Bertz CT molecular complexity index is 2890. The standard InChI is InChI=1S/C57H60O23/c1-31(58)67-29-48-50(71-33(3)60)52(73-35(5)62)54(75-37(7)64)56(79-48)77-43-21-19-41(46(26-43)78-57-55(76-38(8)65)53(74-36(6)63)51(72-34(4)61)49(80-57)30-68-32(2)59)20-24-45(66)44-23-22-42(69-27-39-15-11-9-12-16-39)25-47(44)70-28-40-17-13-10-14-18-40/h9-26,48-57H,27-30H2,1-8H3/t48-,49-,50-,51-,52+,53+,54-,55-,56?,57?/m1/s1. The first-order valence-corrected chi connectivity index (χ1v) is 24.9. The summed E-state index contributed by atoms with van der Waals surface area (Å²) in [5.74, 6) is -7.32. The van der Waals surface area contributed by atoms with Gasteiger partial charge in [0.2, 0.25) is 24.8 Å². The number of hydrogen-bond acceptors (Lipinski definition) is 23. The van der Waals surface area contributed by atoms with Crippen molar-refractivity contribution in [2.75, 3.05) is 13.2 Å². The molecule has 0 aromatic heterocycles. The van der Waals surface area contributed by atoms with Crippen LogP contribution >= 0.6 is 0 Å². The van der Waals surface area contributed by atoms with Gasteiger partial charge in [0.15, 0.2) is 30.2 Å². The van der Waals surface area contributed by atoms with E-state index in [0.717, 1.165) is 66.5 Å². The van der Waals surface area contributed by atoms with Gasteiger partial charge in [-0.2, -0.15) is 0 Å². The number of hydrogen-bond donors (Lipinski definition) is 0. The lowest BCUT2D eigenvalue weighted by molar-refractivity contribution is -0.289. The van der Waals surface area contributed by atoms with Crippen molar-refractivity contribution in [2.45, 2.75) is 130 Å². The molecule has 23 nitrogen and oxygen atoms in total. The van der Waals surface area contributed by atoms with Gasteiger partial charge < -0.3 is 66.3 Å². The summed E-state index contributed by atoms with van der Waals surface area (Å²) in [7, 11) is 0. The lowest BCUT2D eigenvalue weighted by Crippen LogP contribution is -2.63. The van der Waals surface area contributed by atoms with Gasteiger partial charge >= 0.3 is 47.8 Å². The fraction of sp³-hybridized carbons (Fsp3) is 0.386. The summed E-state index contributed by atoms with van der Waals surface area (Å²) >= 11 is 0. The lowest BCUT2D eigenvalue weighted by atomic mass is 9.98. The van der Waals surface area contributed by atoms with Crippen molar-refractivity contribution in [1.29, 1.82) is 0 Å². The summed E-state index contributed by atoms with van der Waals surface area (Å²) in [5, 5.41) is 0. The molecule has 80 heavy (non-hydrogen) atoms. The van der Waals surface area contributed by atoms with Crippen LogP contribution in [0.3, 0.4) is 0 Å².